The third-order valence-corrected chi connectivity index (χ3v) is 4.52. The molecular formula is C17H22N2OS. The van der Waals surface area contributed by atoms with E-state index in [1.165, 1.54) is 0 Å². The van der Waals surface area contributed by atoms with E-state index in [9.17, 15) is 4.79 Å². The number of hydrogen-bond acceptors (Lipinski definition) is 3. The van der Waals surface area contributed by atoms with Gasteiger partial charge in [0.1, 0.15) is 0 Å². The van der Waals surface area contributed by atoms with Crippen molar-refractivity contribution >= 4 is 17.2 Å². The summed E-state index contributed by atoms with van der Waals surface area (Å²) >= 11 is 1.65. The number of carbonyl (C=O) groups is 1. The summed E-state index contributed by atoms with van der Waals surface area (Å²) < 4.78 is 0. The number of carbonyl (C=O) groups excluding carboxylic acids is 1. The Bertz CT molecular complexity index is 561. The lowest BCUT2D eigenvalue weighted by molar-refractivity contribution is -0.125. The molecule has 1 heterocycles. The van der Waals surface area contributed by atoms with E-state index in [0.29, 0.717) is 6.54 Å². The van der Waals surface area contributed by atoms with Gasteiger partial charge in [-0.2, -0.15) is 0 Å². The second-order valence-corrected chi connectivity index (χ2v) is 5.99. The maximum Gasteiger partial charge on any atom is 0.223 e. The number of aromatic nitrogens is 1. The highest BCUT2D eigenvalue weighted by molar-refractivity contribution is 7.09. The molecule has 21 heavy (non-hydrogen) atoms. The fourth-order valence-electron chi connectivity index (χ4n) is 2.26. The van der Waals surface area contributed by atoms with Crippen LogP contribution < -0.4 is 5.32 Å². The summed E-state index contributed by atoms with van der Waals surface area (Å²) in [6.45, 7) is 4.78. The van der Waals surface area contributed by atoms with E-state index in [1.807, 2.05) is 18.2 Å². The average Bonchev–Trinajstić information content (AvgIpc) is 2.98. The van der Waals surface area contributed by atoms with Crippen molar-refractivity contribution in [2.24, 2.45) is 5.92 Å². The number of nitrogens with one attached hydrogen (secondary N) is 1. The number of hydrogen-bond donors (Lipinski definition) is 1. The largest absolute Gasteiger partial charge is 0.355 e. The number of nitrogens with zero attached hydrogens (tertiary/aromatic N) is 1. The van der Waals surface area contributed by atoms with Crippen molar-refractivity contribution in [3.05, 3.63) is 40.7 Å². The molecule has 0 radical (unpaired) electrons. The van der Waals surface area contributed by atoms with Crippen LogP contribution >= 0.6 is 11.3 Å². The zero-order chi connectivity index (χ0) is 15.1. The van der Waals surface area contributed by atoms with Crippen LogP contribution in [0.1, 0.15) is 31.7 Å². The van der Waals surface area contributed by atoms with E-state index in [2.05, 4.69) is 41.7 Å². The summed E-state index contributed by atoms with van der Waals surface area (Å²) in [6, 6.07) is 10.2. The summed E-state index contributed by atoms with van der Waals surface area (Å²) in [5, 5.41) is 6.15. The van der Waals surface area contributed by atoms with Gasteiger partial charge in [0.05, 0.1) is 10.7 Å². The van der Waals surface area contributed by atoms with Crippen LogP contribution in [0.15, 0.2) is 35.7 Å². The Balaban J connectivity index is 1.85. The molecule has 0 unspecified atom stereocenters. The Morgan fingerprint density at radius 2 is 1.95 bits per heavy atom. The molecule has 0 spiro atoms. The number of amides is 1. The summed E-state index contributed by atoms with van der Waals surface area (Å²) in [7, 11) is 0. The lowest BCUT2D eigenvalue weighted by atomic mass is 10.0. The second kappa shape index (κ2) is 7.93. The molecule has 2 rings (SSSR count). The monoisotopic (exact) mass is 302 g/mol. The van der Waals surface area contributed by atoms with Crippen LogP contribution in [-0.4, -0.2) is 17.4 Å². The van der Waals surface area contributed by atoms with Crippen LogP contribution in [0.2, 0.25) is 0 Å². The van der Waals surface area contributed by atoms with Crippen LogP contribution in [0.4, 0.5) is 0 Å². The predicted molar refractivity (Wildman–Crippen MR) is 88.3 cm³/mol. The summed E-state index contributed by atoms with van der Waals surface area (Å²) in [5.41, 5.74) is 2.16. The van der Waals surface area contributed by atoms with Gasteiger partial charge in [0.25, 0.3) is 0 Å². The van der Waals surface area contributed by atoms with Crippen LogP contribution in [-0.2, 0) is 11.2 Å². The first-order valence-electron chi connectivity index (χ1n) is 7.52. The quantitative estimate of drug-likeness (QED) is 0.842. The second-order valence-electron chi connectivity index (χ2n) is 5.05. The fourth-order valence-corrected chi connectivity index (χ4v) is 3.07. The molecule has 1 N–H and O–H groups in total. The molecule has 0 aliphatic rings. The molecule has 1 aromatic heterocycles. The van der Waals surface area contributed by atoms with Crippen LogP contribution in [0.5, 0.6) is 0 Å². The van der Waals surface area contributed by atoms with E-state index in [0.717, 1.165) is 35.5 Å². The van der Waals surface area contributed by atoms with E-state index in [-0.39, 0.29) is 11.8 Å². The Labute approximate surface area is 130 Å². The first-order valence-corrected chi connectivity index (χ1v) is 8.40. The molecule has 0 atom stereocenters. The molecule has 0 bridgehead atoms. The fraction of sp³-hybridized carbons (Fsp3) is 0.412. The van der Waals surface area contributed by atoms with Crippen LogP contribution in [0.3, 0.4) is 0 Å². The van der Waals surface area contributed by atoms with Gasteiger partial charge < -0.3 is 5.32 Å². The van der Waals surface area contributed by atoms with Crippen LogP contribution in [0.25, 0.3) is 11.3 Å². The van der Waals surface area contributed by atoms with Crippen molar-refractivity contribution in [3.8, 4) is 11.3 Å². The minimum absolute atomic E-state index is 0.140. The van der Waals surface area contributed by atoms with Crippen molar-refractivity contribution in [3.63, 3.8) is 0 Å². The maximum atomic E-state index is 11.9. The molecule has 0 aliphatic carbocycles. The smallest absolute Gasteiger partial charge is 0.223 e. The van der Waals surface area contributed by atoms with E-state index >= 15 is 0 Å². The standard InChI is InChI=1S/C17H22N2OS/c1-3-13(4-2)17(20)18-11-10-16-19-15(12-21-16)14-8-6-5-7-9-14/h5-9,12-13H,3-4,10-11H2,1-2H3,(H,18,20). The zero-order valence-electron chi connectivity index (χ0n) is 12.6. The normalized spacial score (nSPS) is 10.8. The van der Waals surface area contributed by atoms with Gasteiger partial charge in [-0.3, -0.25) is 4.79 Å². The van der Waals surface area contributed by atoms with Crippen LogP contribution in [0, 0.1) is 5.92 Å². The highest BCUT2D eigenvalue weighted by Gasteiger charge is 2.13. The molecule has 0 aliphatic heterocycles. The molecule has 2 aromatic rings. The van der Waals surface area contributed by atoms with Crippen molar-refractivity contribution in [2.75, 3.05) is 6.54 Å². The molecule has 3 nitrogen and oxygen atoms in total. The highest BCUT2D eigenvalue weighted by atomic mass is 32.1. The first-order chi connectivity index (χ1) is 10.2. The van der Waals surface area contributed by atoms with Crippen molar-refractivity contribution < 1.29 is 4.79 Å². The third kappa shape index (κ3) is 4.39. The van der Waals surface area contributed by atoms with Gasteiger partial charge in [-0.1, -0.05) is 44.2 Å². The Morgan fingerprint density at radius 1 is 1.24 bits per heavy atom. The molecule has 1 aromatic carbocycles. The summed E-state index contributed by atoms with van der Waals surface area (Å²) in [5.74, 6) is 0.306. The van der Waals surface area contributed by atoms with Gasteiger partial charge in [-0.15, -0.1) is 11.3 Å². The lowest BCUT2D eigenvalue weighted by Crippen LogP contribution is -2.31. The Morgan fingerprint density at radius 3 is 2.62 bits per heavy atom. The predicted octanol–water partition coefficient (Wildman–Crippen LogP) is 3.91. The molecular weight excluding hydrogens is 280 g/mol. The van der Waals surface area contributed by atoms with Crippen molar-refractivity contribution in [1.29, 1.82) is 0 Å². The zero-order valence-corrected chi connectivity index (χ0v) is 13.5. The summed E-state index contributed by atoms with van der Waals surface area (Å²) in [4.78, 5) is 16.5. The molecule has 1 amide bonds. The van der Waals surface area contributed by atoms with E-state index in [1.54, 1.807) is 11.3 Å². The number of benzene rings is 1. The molecule has 4 heteroatoms. The van der Waals surface area contributed by atoms with Crippen molar-refractivity contribution in [1.82, 2.24) is 10.3 Å². The summed E-state index contributed by atoms with van der Waals surface area (Å²) in [6.07, 6.45) is 2.60. The van der Waals surface area contributed by atoms with Gasteiger partial charge in [0, 0.05) is 29.8 Å². The van der Waals surface area contributed by atoms with Gasteiger partial charge in [0.2, 0.25) is 5.91 Å². The third-order valence-electron chi connectivity index (χ3n) is 3.62. The number of rotatable bonds is 7. The Hall–Kier alpha value is -1.68. The molecule has 0 saturated heterocycles. The lowest BCUT2D eigenvalue weighted by Gasteiger charge is -2.11. The van der Waals surface area contributed by atoms with Gasteiger partial charge >= 0.3 is 0 Å². The van der Waals surface area contributed by atoms with E-state index in [4.69, 9.17) is 0 Å². The molecule has 112 valence electrons. The van der Waals surface area contributed by atoms with Gasteiger partial charge in [0.15, 0.2) is 0 Å². The SMILES string of the molecule is CCC(CC)C(=O)NCCc1nc(-c2ccccc2)cs1. The Kier molecular flexibility index (Phi) is 5.93. The molecule has 0 fully saturated rings. The van der Waals surface area contributed by atoms with E-state index < -0.39 is 0 Å². The minimum atomic E-state index is 0.140. The van der Waals surface area contributed by atoms with Gasteiger partial charge in [-0.25, -0.2) is 4.98 Å². The molecule has 0 saturated carbocycles. The van der Waals surface area contributed by atoms with Crippen molar-refractivity contribution in [2.45, 2.75) is 33.1 Å². The maximum absolute atomic E-state index is 11.9. The average molecular weight is 302 g/mol. The highest BCUT2D eigenvalue weighted by Crippen LogP contribution is 2.21. The minimum Gasteiger partial charge on any atom is -0.355 e. The number of thiazole rings is 1. The first kappa shape index (κ1) is 15.7. The topological polar surface area (TPSA) is 42.0 Å². The van der Waals surface area contributed by atoms with Gasteiger partial charge in [-0.05, 0) is 12.8 Å².